The molecule has 1 aromatic heterocycles. The van der Waals surface area contributed by atoms with E-state index in [-0.39, 0.29) is 11.7 Å². The molecule has 2 fully saturated rings. The minimum absolute atomic E-state index is 0.125. The fourth-order valence-electron chi connectivity index (χ4n) is 2.85. The van der Waals surface area contributed by atoms with Crippen LogP contribution in [-0.2, 0) is 15.7 Å². The largest absolute Gasteiger partial charge is 0.416 e. The highest BCUT2D eigenvalue weighted by Crippen LogP contribution is 2.36. The number of aromatic nitrogens is 1. The maximum atomic E-state index is 12.8. The molecule has 8 heteroatoms. The molecule has 1 aliphatic carbocycles. The molecule has 1 saturated heterocycles. The number of hydrogen-bond donors (Lipinski definition) is 0. The summed E-state index contributed by atoms with van der Waals surface area (Å²) in [5, 5.41) is 0.640. The fourth-order valence-corrected chi connectivity index (χ4v) is 3.83. The smallest absolute Gasteiger partial charge is 0.367 e. The van der Waals surface area contributed by atoms with E-state index in [9.17, 15) is 18.0 Å². The number of thiazole rings is 1. The quantitative estimate of drug-likeness (QED) is 0.844. The zero-order chi connectivity index (χ0) is 16.9. The van der Waals surface area contributed by atoms with Crippen LogP contribution in [0.15, 0.2) is 18.2 Å². The molecule has 24 heavy (non-hydrogen) atoms. The van der Waals surface area contributed by atoms with Crippen molar-refractivity contribution in [2.75, 3.05) is 24.6 Å². The van der Waals surface area contributed by atoms with E-state index in [1.165, 1.54) is 17.4 Å². The Balaban J connectivity index is 1.57. The Morgan fingerprint density at radius 2 is 2.12 bits per heavy atom. The third-order valence-electron chi connectivity index (χ3n) is 4.34. The second-order valence-corrected chi connectivity index (χ2v) is 7.17. The predicted octanol–water partition coefficient (Wildman–Crippen LogP) is 3.50. The van der Waals surface area contributed by atoms with Gasteiger partial charge in [0.1, 0.15) is 6.10 Å². The number of carbonyl (C=O) groups excluding carboxylic acids is 1. The van der Waals surface area contributed by atoms with Crippen LogP contribution in [0.4, 0.5) is 18.3 Å². The highest BCUT2D eigenvalue weighted by Gasteiger charge is 2.38. The molecule has 2 heterocycles. The van der Waals surface area contributed by atoms with Crippen molar-refractivity contribution in [3.63, 3.8) is 0 Å². The first-order chi connectivity index (χ1) is 11.4. The summed E-state index contributed by atoms with van der Waals surface area (Å²) >= 11 is 1.34. The summed E-state index contributed by atoms with van der Waals surface area (Å²) in [7, 11) is 0. The molecule has 128 valence electrons. The van der Waals surface area contributed by atoms with Crippen molar-refractivity contribution < 1.29 is 22.7 Å². The van der Waals surface area contributed by atoms with Gasteiger partial charge in [0, 0.05) is 12.5 Å². The number of Topliss-reactive ketones (excluding diaryl/α,β-unsaturated/α-hetero) is 1. The Morgan fingerprint density at radius 3 is 2.83 bits per heavy atom. The lowest BCUT2D eigenvalue weighted by atomic mass is 10.1. The third-order valence-corrected chi connectivity index (χ3v) is 5.43. The van der Waals surface area contributed by atoms with Gasteiger partial charge in [-0.2, -0.15) is 13.2 Å². The van der Waals surface area contributed by atoms with Crippen LogP contribution in [-0.4, -0.2) is 36.6 Å². The van der Waals surface area contributed by atoms with Crippen LogP contribution in [0.3, 0.4) is 0 Å². The van der Waals surface area contributed by atoms with Gasteiger partial charge in [0.2, 0.25) is 0 Å². The van der Waals surface area contributed by atoms with Crippen molar-refractivity contribution >= 4 is 32.5 Å². The molecule has 1 aromatic carbocycles. The Hall–Kier alpha value is -1.67. The molecule has 1 saturated carbocycles. The number of halogens is 3. The number of carbonyl (C=O) groups is 1. The van der Waals surface area contributed by atoms with Crippen molar-refractivity contribution in [2.24, 2.45) is 5.92 Å². The van der Waals surface area contributed by atoms with Crippen LogP contribution in [0.1, 0.15) is 18.4 Å². The lowest BCUT2D eigenvalue weighted by molar-refractivity contribution is -0.137. The molecule has 0 spiro atoms. The average molecular weight is 356 g/mol. The number of fused-ring (bicyclic) bond motifs is 1. The Bertz CT molecular complexity index is 785. The van der Waals surface area contributed by atoms with Crippen molar-refractivity contribution in [1.29, 1.82) is 0 Å². The Morgan fingerprint density at radius 1 is 1.33 bits per heavy atom. The van der Waals surface area contributed by atoms with E-state index in [1.54, 1.807) is 0 Å². The van der Waals surface area contributed by atoms with Gasteiger partial charge in [-0.3, -0.25) is 4.79 Å². The summed E-state index contributed by atoms with van der Waals surface area (Å²) in [5.41, 5.74) is -0.364. The van der Waals surface area contributed by atoms with Gasteiger partial charge < -0.3 is 9.64 Å². The van der Waals surface area contributed by atoms with Crippen molar-refractivity contribution in [1.82, 2.24) is 4.98 Å². The number of alkyl halides is 3. The molecule has 2 aliphatic rings. The molecule has 0 N–H and O–H groups in total. The molecular formula is C16H15F3N2O2S. The molecule has 1 unspecified atom stereocenters. The normalized spacial score (nSPS) is 22.1. The van der Waals surface area contributed by atoms with Crippen LogP contribution in [0.2, 0.25) is 0 Å². The van der Waals surface area contributed by atoms with Gasteiger partial charge in [0.15, 0.2) is 10.9 Å². The zero-order valence-corrected chi connectivity index (χ0v) is 13.5. The molecule has 4 rings (SSSR count). The monoisotopic (exact) mass is 356 g/mol. The van der Waals surface area contributed by atoms with E-state index in [4.69, 9.17) is 4.74 Å². The summed E-state index contributed by atoms with van der Waals surface area (Å²) in [6, 6.07) is 3.60. The van der Waals surface area contributed by atoms with Gasteiger partial charge >= 0.3 is 6.18 Å². The summed E-state index contributed by atoms with van der Waals surface area (Å²) < 4.78 is 44.7. The fraction of sp³-hybridized carbons (Fsp3) is 0.500. The number of ether oxygens (including phenoxy) is 1. The minimum Gasteiger partial charge on any atom is -0.367 e. The van der Waals surface area contributed by atoms with Gasteiger partial charge in [-0.15, -0.1) is 0 Å². The van der Waals surface area contributed by atoms with Gasteiger partial charge in [-0.25, -0.2) is 4.98 Å². The number of anilines is 1. The van der Waals surface area contributed by atoms with E-state index >= 15 is 0 Å². The van der Waals surface area contributed by atoms with Gasteiger partial charge in [0.05, 0.1) is 28.9 Å². The van der Waals surface area contributed by atoms with E-state index in [0.29, 0.717) is 35.0 Å². The molecular weight excluding hydrogens is 341 g/mol. The molecule has 2 aromatic rings. The number of nitrogens with zero attached hydrogens (tertiary/aromatic N) is 2. The van der Waals surface area contributed by atoms with Crippen LogP contribution in [0.5, 0.6) is 0 Å². The first-order valence-corrected chi connectivity index (χ1v) is 8.61. The van der Waals surface area contributed by atoms with Gasteiger partial charge in [0.25, 0.3) is 0 Å². The Kier molecular flexibility index (Phi) is 3.76. The number of rotatable bonds is 3. The third kappa shape index (κ3) is 3.00. The van der Waals surface area contributed by atoms with E-state index in [1.807, 2.05) is 4.90 Å². The van der Waals surface area contributed by atoms with E-state index in [2.05, 4.69) is 4.98 Å². The SMILES string of the molecule is O=C(C1CC1)C1CN(c2nc3cc(C(F)(F)F)ccc3s2)CCO1. The van der Waals surface area contributed by atoms with Crippen molar-refractivity contribution in [3.8, 4) is 0 Å². The number of hydrogen-bond acceptors (Lipinski definition) is 5. The lowest BCUT2D eigenvalue weighted by Crippen LogP contribution is -2.46. The van der Waals surface area contributed by atoms with Gasteiger partial charge in [-0.1, -0.05) is 11.3 Å². The summed E-state index contributed by atoms with van der Waals surface area (Å²) in [5.74, 6) is 0.264. The highest BCUT2D eigenvalue weighted by molar-refractivity contribution is 7.22. The second-order valence-electron chi connectivity index (χ2n) is 6.16. The molecule has 0 amide bonds. The summed E-state index contributed by atoms with van der Waals surface area (Å²) in [6.45, 7) is 1.43. The van der Waals surface area contributed by atoms with E-state index in [0.717, 1.165) is 25.0 Å². The maximum absolute atomic E-state index is 12.8. The standard InChI is InChI=1S/C16H15F3N2O2S/c17-16(18,19)10-3-4-13-11(7-10)20-15(24-13)21-5-6-23-12(8-21)14(22)9-1-2-9/h3-4,7,9,12H,1-2,5-6,8H2. The van der Waals surface area contributed by atoms with Crippen LogP contribution in [0.25, 0.3) is 10.2 Å². The number of ketones is 1. The summed E-state index contributed by atoms with van der Waals surface area (Å²) in [6.07, 6.45) is -2.97. The van der Waals surface area contributed by atoms with E-state index < -0.39 is 17.8 Å². The van der Waals surface area contributed by atoms with Crippen molar-refractivity contribution in [2.45, 2.75) is 25.1 Å². The predicted molar refractivity (Wildman–Crippen MR) is 84.3 cm³/mol. The molecule has 4 nitrogen and oxygen atoms in total. The first-order valence-electron chi connectivity index (χ1n) is 7.80. The number of morpholine rings is 1. The first kappa shape index (κ1) is 15.8. The zero-order valence-electron chi connectivity index (χ0n) is 12.7. The highest BCUT2D eigenvalue weighted by atomic mass is 32.1. The minimum atomic E-state index is -4.38. The van der Waals surface area contributed by atoms with Crippen LogP contribution in [0, 0.1) is 5.92 Å². The molecule has 0 bridgehead atoms. The topological polar surface area (TPSA) is 42.4 Å². The number of benzene rings is 1. The van der Waals surface area contributed by atoms with Gasteiger partial charge in [-0.05, 0) is 31.0 Å². The van der Waals surface area contributed by atoms with Crippen molar-refractivity contribution in [3.05, 3.63) is 23.8 Å². The maximum Gasteiger partial charge on any atom is 0.416 e. The molecule has 0 radical (unpaired) electrons. The molecule has 1 atom stereocenters. The second kappa shape index (κ2) is 5.70. The average Bonchev–Trinajstić information content (AvgIpc) is 3.31. The molecule has 1 aliphatic heterocycles. The lowest BCUT2D eigenvalue weighted by Gasteiger charge is -2.31. The Labute approximate surface area is 140 Å². The van der Waals surface area contributed by atoms with Crippen LogP contribution < -0.4 is 4.90 Å². The summed E-state index contributed by atoms with van der Waals surface area (Å²) in [4.78, 5) is 18.5. The van der Waals surface area contributed by atoms with Crippen LogP contribution >= 0.6 is 11.3 Å².